The summed E-state index contributed by atoms with van der Waals surface area (Å²) in [5, 5.41) is 6.69. The van der Waals surface area contributed by atoms with Gasteiger partial charge in [0.15, 0.2) is 13.2 Å². The molecule has 2 rings (SSSR count). The number of halogens is 3. The van der Waals surface area contributed by atoms with E-state index >= 15 is 0 Å². The monoisotopic (exact) mass is 416 g/mol. The molecule has 29 heavy (non-hydrogen) atoms. The first kappa shape index (κ1) is 21.7. The molecular formula is C16H15F3N4O6. The normalized spacial score (nSPS) is 10.9. The number of nitrogens with zero attached hydrogens (tertiary/aromatic N) is 2. The molecule has 0 fully saturated rings. The number of aryl methyl sites for hydroxylation is 1. The number of hydrogen-bond donors (Lipinski definition) is 2. The lowest BCUT2D eigenvalue weighted by Gasteiger charge is -2.09. The maximum atomic E-state index is 11.9. The van der Waals surface area contributed by atoms with Crippen LogP contribution in [0, 0.1) is 6.92 Å². The van der Waals surface area contributed by atoms with Crippen LogP contribution in [0.5, 0.6) is 5.75 Å². The molecule has 2 N–H and O–H groups in total. The fourth-order valence-corrected chi connectivity index (χ4v) is 1.84. The predicted molar refractivity (Wildman–Crippen MR) is 87.7 cm³/mol. The third-order valence-corrected chi connectivity index (χ3v) is 3.06. The van der Waals surface area contributed by atoms with E-state index in [2.05, 4.69) is 14.9 Å². The van der Waals surface area contributed by atoms with Crippen molar-refractivity contribution in [2.24, 2.45) is 0 Å². The Morgan fingerprint density at radius 1 is 1.17 bits per heavy atom. The minimum absolute atomic E-state index is 0.0533. The zero-order chi connectivity index (χ0) is 21.4. The van der Waals surface area contributed by atoms with Crippen LogP contribution in [-0.4, -0.2) is 47.4 Å². The number of nitrogens with one attached hydrogen (secondary N) is 2. The van der Waals surface area contributed by atoms with Crippen molar-refractivity contribution in [1.82, 2.24) is 20.8 Å². The van der Waals surface area contributed by atoms with Gasteiger partial charge in [0.1, 0.15) is 12.3 Å². The van der Waals surface area contributed by atoms with Crippen LogP contribution in [-0.2, 0) is 16.1 Å². The lowest BCUT2D eigenvalue weighted by molar-refractivity contribution is -0.125. The van der Waals surface area contributed by atoms with Crippen LogP contribution in [0.15, 0.2) is 28.8 Å². The van der Waals surface area contributed by atoms with E-state index in [1.165, 1.54) is 29.6 Å². The molecule has 0 spiro atoms. The van der Waals surface area contributed by atoms with Crippen LogP contribution < -0.4 is 15.4 Å². The number of ether oxygens (including phenoxy) is 2. The summed E-state index contributed by atoms with van der Waals surface area (Å²) in [6.45, 7) is -0.774. The molecule has 0 radical (unpaired) electrons. The van der Waals surface area contributed by atoms with Crippen molar-refractivity contribution in [2.45, 2.75) is 19.7 Å². The Labute approximate surface area is 161 Å². The highest BCUT2D eigenvalue weighted by atomic mass is 19.4. The molecule has 0 saturated carbocycles. The maximum absolute atomic E-state index is 11.9. The van der Waals surface area contributed by atoms with Crippen molar-refractivity contribution in [3.63, 3.8) is 0 Å². The standard InChI is InChI=1S/C16H15F3N4O6/c1-9-21-12(23-29-9)6-27-11-4-2-10(3-5-11)14(25)28-7-13(24)22-15(26)20-8-16(17,18)19/h2-5H,6-8H2,1H3,(H2,20,22,24,26). The number of alkyl halides is 3. The first-order valence-electron chi connectivity index (χ1n) is 7.96. The molecule has 0 unspecified atom stereocenters. The summed E-state index contributed by atoms with van der Waals surface area (Å²) >= 11 is 0. The predicted octanol–water partition coefficient (Wildman–Crippen LogP) is 1.50. The van der Waals surface area contributed by atoms with E-state index in [0.29, 0.717) is 17.5 Å². The summed E-state index contributed by atoms with van der Waals surface area (Å²) < 4.78 is 50.7. The van der Waals surface area contributed by atoms with Gasteiger partial charge >= 0.3 is 18.2 Å². The molecule has 2 aromatic rings. The Kier molecular flexibility index (Phi) is 7.11. The van der Waals surface area contributed by atoms with E-state index in [0.717, 1.165) is 0 Å². The maximum Gasteiger partial charge on any atom is 0.405 e. The van der Waals surface area contributed by atoms with E-state index in [1.54, 1.807) is 12.2 Å². The number of aromatic nitrogens is 2. The van der Waals surface area contributed by atoms with Gasteiger partial charge in [-0.3, -0.25) is 10.1 Å². The zero-order valence-electron chi connectivity index (χ0n) is 14.9. The van der Waals surface area contributed by atoms with Gasteiger partial charge in [0.2, 0.25) is 11.7 Å². The molecule has 1 aromatic heterocycles. The van der Waals surface area contributed by atoms with Gasteiger partial charge < -0.3 is 19.3 Å². The SMILES string of the molecule is Cc1nc(COc2ccc(C(=O)OCC(=O)NC(=O)NCC(F)(F)F)cc2)no1. The average molecular weight is 416 g/mol. The molecule has 1 heterocycles. The van der Waals surface area contributed by atoms with Crippen LogP contribution in [0.3, 0.4) is 0 Å². The quantitative estimate of drug-likeness (QED) is 0.649. The molecule has 0 atom stereocenters. The summed E-state index contributed by atoms with van der Waals surface area (Å²) in [5.74, 6) is -0.826. The third-order valence-electron chi connectivity index (χ3n) is 3.06. The van der Waals surface area contributed by atoms with Gasteiger partial charge in [0.25, 0.3) is 5.91 Å². The minimum atomic E-state index is -4.62. The van der Waals surface area contributed by atoms with Gasteiger partial charge in [-0.25, -0.2) is 9.59 Å². The molecule has 0 saturated heterocycles. The number of benzene rings is 1. The fourth-order valence-electron chi connectivity index (χ4n) is 1.84. The van der Waals surface area contributed by atoms with Crippen LogP contribution in [0.1, 0.15) is 22.1 Å². The number of carbonyl (C=O) groups excluding carboxylic acids is 3. The van der Waals surface area contributed by atoms with E-state index in [4.69, 9.17) is 9.26 Å². The molecule has 10 nitrogen and oxygen atoms in total. The number of hydrogen-bond acceptors (Lipinski definition) is 8. The second-order valence-electron chi connectivity index (χ2n) is 5.46. The van der Waals surface area contributed by atoms with Crippen LogP contribution >= 0.6 is 0 Å². The van der Waals surface area contributed by atoms with Gasteiger partial charge in [-0.2, -0.15) is 18.2 Å². The molecule has 13 heteroatoms. The number of imide groups is 1. The molecule has 1 aromatic carbocycles. The Hall–Kier alpha value is -3.64. The number of rotatable bonds is 7. The Morgan fingerprint density at radius 2 is 1.86 bits per heavy atom. The highest BCUT2D eigenvalue weighted by molar-refractivity contribution is 5.97. The van der Waals surface area contributed by atoms with Crippen molar-refractivity contribution in [2.75, 3.05) is 13.2 Å². The Bertz CT molecular complexity index is 866. The smallest absolute Gasteiger partial charge is 0.405 e. The van der Waals surface area contributed by atoms with Crippen LogP contribution in [0.2, 0.25) is 0 Å². The topological polar surface area (TPSA) is 133 Å². The van der Waals surface area contributed by atoms with Gasteiger partial charge in [-0.15, -0.1) is 0 Å². The summed E-state index contributed by atoms with van der Waals surface area (Å²) in [5.41, 5.74) is 0.0853. The fraction of sp³-hybridized carbons (Fsp3) is 0.312. The Morgan fingerprint density at radius 3 is 2.45 bits per heavy atom. The molecule has 0 bridgehead atoms. The lowest BCUT2D eigenvalue weighted by Crippen LogP contribution is -2.44. The number of carbonyl (C=O) groups is 3. The van der Waals surface area contributed by atoms with Crippen molar-refractivity contribution in [3.05, 3.63) is 41.5 Å². The lowest BCUT2D eigenvalue weighted by atomic mass is 10.2. The summed E-state index contributed by atoms with van der Waals surface area (Å²) in [4.78, 5) is 38.3. The molecule has 0 aliphatic heterocycles. The van der Waals surface area contributed by atoms with Crippen LogP contribution in [0.4, 0.5) is 18.0 Å². The largest absolute Gasteiger partial charge is 0.485 e. The van der Waals surface area contributed by atoms with Crippen molar-refractivity contribution in [3.8, 4) is 5.75 Å². The van der Waals surface area contributed by atoms with Crippen molar-refractivity contribution in [1.29, 1.82) is 0 Å². The Balaban J connectivity index is 1.74. The number of amides is 3. The van der Waals surface area contributed by atoms with E-state index in [-0.39, 0.29) is 12.2 Å². The number of esters is 1. The van der Waals surface area contributed by atoms with E-state index in [1.807, 2.05) is 0 Å². The van der Waals surface area contributed by atoms with E-state index < -0.39 is 37.2 Å². The van der Waals surface area contributed by atoms with Crippen LogP contribution in [0.25, 0.3) is 0 Å². The molecule has 0 aliphatic rings. The summed E-state index contributed by atoms with van der Waals surface area (Å²) in [6, 6.07) is 4.31. The summed E-state index contributed by atoms with van der Waals surface area (Å²) in [7, 11) is 0. The van der Waals surface area contributed by atoms with E-state index in [9.17, 15) is 27.6 Å². The highest BCUT2D eigenvalue weighted by Crippen LogP contribution is 2.14. The zero-order valence-corrected chi connectivity index (χ0v) is 14.9. The molecular weight excluding hydrogens is 401 g/mol. The molecule has 156 valence electrons. The molecule has 3 amide bonds. The van der Waals surface area contributed by atoms with Gasteiger partial charge in [-0.1, -0.05) is 5.16 Å². The molecule has 0 aliphatic carbocycles. The first-order valence-corrected chi connectivity index (χ1v) is 7.96. The van der Waals surface area contributed by atoms with Crippen molar-refractivity contribution >= 4 is 17.9 Å². The van der Waals surface area contributed by atoms with Gasteiger partial charge in [0.05, 0.1) is 5.56 Å². The highest BCUT2D eigenvalue weighted by Gasteiger charge is 2.28. The summed E-state index contributed by atoms with van der Waals surface area (Å²) in [6.07, 6.45) is -4.62. The second-order valence-corrected chi connectivity index (χ2v) is 5.46. The second kappa shape index (κ2) is 9.52. The number of urea groups is 1. The first-order chi connectivity index (χ1) is 13.6. The van der Waals surface area contributed by atoms with Gasteiger partial charge in [-0.05, 0) is 24.3 Å². The third kappa shape index (κ3) is 7.86. The van der Waals surface area contributed by atoms with Gasteiger partial charge in [0, 0.05) is 6.92 Å². The average Bonchev–Trinajstić information content (AvgIpc) is 3.08. The minimum Gasteiger partial charge on any atom is -0.485 e. The van der Waals surface area contributed by atoms with Crippen molar-refractivity contribution < 1.29 is 41.6 Å².